The van der Waals surface area contributed by atoms with Gasteiger partial charge < -0.3 is 4.90 Å². The number of sulfonamides is 1. The van der Waals surface area contributed by atoms with E-state index >= 15 is 0 Å². The Labute approximate surface area is 214 Å². The molecule has 9 nitrogen and oxygen atoms in total. The van der Waals surface area contributed by atoms with Crippen LogP contribution in [0.15, 0.2) is 77.0 Å². The van der Waals surface area contributed by atoms with Crippen LogP contribution in [0.2, 0.25) is 0 Å². The summed E-state index contributed by atoms with van der Waals surface area (Å²) in [6, 6.07) is 21.3. The molecule has 0 saturated carbocycles. The maximum Gasteiger partial charge on any atom is 0.314 e. The van der Waals surface area contributed by atoms with Crippen LogP contribution in [0.5, 0.6) is 0 Å². The van der Waals surface area contributed by atoms with E-state index in [1.54, 1.807) is 18.2 Å². The summed E-state index contributed by atoms with van der Waals surface area (Å²) < 4.78 is 28.0. The Bertz CT molecular complexity index is 1270. The van der Waals surface area contributed by atoms with Crippen LogP contribution in [0.3, 0.4) is 0 Å². The van der Waals surface area contributed by atoms with Gasteiger partial charge in [0.2, 0.25) is 0 Å². The summed E-state index contributed by atoms with van der Waals surface area (Å²) in [5, 5.41) is 11.3. The summed E-state index contributed by atoms with van der Waals surface area (Å²) in [6.07, 6.45) is 2.00. The largest absolute Gasteiger partial charge is 0.314 e. The molecule has 1 aromatic heterocycles. The van der Waals surface area contributed by atoms with Crippen LogP contribution in [-0.2, 0) is 23.0 Å². The molecule has 4 rings (SSSR count). The van der Waals surface area contributed by atoms with Gasteiger partial charge in [-0.2, -0.15) is 4.31 Å². The number of nitro groups is 1. The van der Waals surface area contributed by atoms with E-state index in [9.17, 15) is 23.3 Å². The first kappa shape index (κ1) is 26.0. The van der Waals surface area contributed by atoms with Crippen molar-refractivity contribution < 1.29 is 18.2 Å². The molecule has 0 aliphatic carbocycles. The van der Waals surface area contributed by atoms with Crippen molar-refractivity contribution in [3.8, 4) is 0 Å². The van der Waals surface area contributed by atoms with Gasteiger partial charge in [-0.05, 0) is 49.2 Å². The van der Waals surface area contributed by atoms with E-state index in [0.717, 1.165) is 30.7 Å². The van der Waals surface area contributed by atoms with Gasteiger partial charge in [0, 0.05) is 36.6 Å². The van der Waals surface area contributed by atoms with Crippen LogP contribution < -0.4 is 0 Å². The third kappa shape index (κ3) is 6.35. The van der Waals surface area contributed by atoms with Gasteiger partial charge in [0.05, 0.1) is 0 Å². The van der Waals surface area contributed by atoms with E-state index < -0.39 is 21.0 Å². The number of benzene rings is 2. The van der Waals surface area contributed by atoms with Crippen LogP contribution >= 0.6 is 11.3 Å². The third-order valence-electron chi connectivity index (χ3n) is 6.10. The van der Waals surface area contributed by atoms with Crippen molar-refractivity contribution in [1.29, 1.82) is 0 Å². The van der Waals surface area contributed by atoms with Crippen LogP contribution in [-0.4, -0.2) is 66.3 Å². The van der Waals surface area contributed by atoms with Crippen molar-refractivity contribution in [3.05, 3.63) is 98.9 Å². The highest BCUT2D eigenvalue weighted by Crippen LogP contribution is 2.27. The number of nitrogens with zero attached hydrogens (tertiary/aromatic N) is 4. The number of carbonyl (C=O) groups is 1. The third-order valence-corrected chi connectivity index (χ3v) is 9.54. The second kappa shape index (κ2) is 11.7. The molecule has 1 fully saturated rings. The fraction of sp³-hybridized carbons (Fsp3) is 0.320. The summed E-state index contributed by atoms with van der Waals surface area (Å²) in [4.78, 5) is 26.8. The molecule has 0 N–H and O–H groups in total. The van der Waals surface area contributed by atoms with Crippen molar-refractivity contribution >= 4 is 27.3 Å². The highest BCUT2D eigenvalue weighted by molar-refractivity contribution is 7.91. The number of rotatable bonds is 10. The Balaban J connectivity index is 1.33. The van der Waals surface area contributed by atoms with Gasteiger partial charge in [0.15, 0.2) is 5.03 Å². The van der Waals surface area contributed by atoms with E-state index in [-0.39, 0.29) is 16.3 Å². The predicted molar refractivity (Wildman–Crippen MR) is 138 cm³/mol. The minimum atomic E-state index is -3.70. The summed E-state index contributed by atoms with van der Waals surface area (Å²) >= 11 is 0.963. The zero-order chi connectivity index (χ0) is 25.5. The minimum Gasteiger partial charge on any atom is -0.301 e. The fourth-order valence-electron chi connectivity index (χ4n) is 4.14. The maximum atomic E-state index is 13.2. The predicted octanol–water partition coefficient (Wildman–Crippen LogP) is 3.52. The Morgan fingerprint density at radius 1 is 0.944 bits per heavy atom. The topological polar surface area (TPSA) is 104 Å². The quantitative estimate of drug-likeness (QED) is 0.295. The average Bonchev–Trinajstić information content (AvgIpc) is 3.38. The number of thiophene rings is 1. The molecule has 1 aliphatic rings. The van der Waals surface area contributed by atoms with Gasteiger partial charge in [-0.25, -0.2) is 18.5 Å². The number of amides is 1. The molecule has 0 radical (unpaired) electrons. The molecule has 2 heterocycles. The molecule has 3 aromatic rings. The molecule has 2 aromatic carbocycles. The number of aryl methyl sites for hydroxylation is 1. The Hall–Kier alpha value is -3.12. The average molecular weight is 529 g/mol. The lowest BCUT2D eigenvalue weighted by Gasteiger charge is -2.33. The lowest BCUT2D eigenvalue weighted by atomic mass is 10.1. The maximum absolute atomic E-state index is 13.2. The van der Waals surface area contributed by atoms with Crippen molar-refractivity contribution in [2.24, 2.45) is 0 Å². The van der Waals surface area contributed by atoms with Crippen molar-refractivity contribution in [1.82, 2.24) is 14.2 Å². The highest BCUT2D eigenvalue weighted by Gasteiger charge is 2.31. The summed E-state index contributed by atoms with van der Waals surface area (Å²) in [6.45, 7) is 2.72. The van der Waals surface area contributed by atoms with Crippen molar-refractivity contribution in [3.63, 3.8) is 0 Å². The molecular weight excluding hydrogens is 500 g/mol. The van der Waals surface area contributed by atoms with E-state index in [0.29, 0.717) is 36.1 Å². The normalized spacial score (nSPS) is 15.0. The summed E-state index contributed by atoms with van der Waals surface area (Å²) in [5.41, 5.74) is 1.49. The fourth-order valence-corrected chi connectivity index (χ4v) is 7.05. The Morgan fingerprint density at radius 3 is 2.22 bits per heavy atom. The molecule has 0 spiro atoms. The van der Waals surface area contributed by atoms with Gasteiger partial charge >= 0.3 is 5.91 Å². The lowest BCUT2D eigenvalue weighted by molar-refractivity contribution is -0.635. The molecule has 0 bridgehead atoms. The van der Waals surface area contributed by atoms with Crippen molar-refractivity contribution in [2.45, 2.75) is 23.6 Å². The number of hydrazine groups is 1. The molecule has 1 aliphatic heterocycles. The second-order valence-electron chi connectivity index (χ2n) is 8.52. The van der Waals surface area contributed by atoms with Crippen molar-refractivity contribution in [2.75, 3.05) is 32.7 Å². The van der Waals surface area contributed by atoms with Crippen LogP contribution in [0.25, 0.3) is 0 Å². The van der Waals surface area contributed by atoms with Gasteiger partial charge in [-0.1, -0.05) is 53.5 Å². The smallest absolute Gasteiger partial charge is 0.301 e. The monoisotopic (exact) mass is 528 g/mol. The first-order chi connectivity index (χ1) is 17.3. The SMILES string of the molecule is O=C(c1ccccc1)N(Cc1ccc(S(=O)(=O)N2CCN(CCCc3ccccc3)CC2)s1)[N+](=O)[O-]. The van der Waals surface area contributed by atoms with Crippen LogP contribution in [0.4, 0.5) is 0 Å². The van der Waals surface area contributed by atoms with E-state index in [1.807, 2.05) is 18.2 Å². The number of piperazine rings is 1. The molecule has 0 unspecified atom stereocenters. The van der Waals surface area contributed by atoms with Gasteiger partial charge in [-0.15, -0.1) is 11.3 Å². The number of hydrogen-bond acceptors (Lipinski definition) is 7. The second-order valence-corrected chi connectivity index (χ2v) is 11.9. The van der Waals surface area contributed by atoms with E-state index in [4.69, 9.17) is 0 Å². The van der Waals surface area contributed by atoms with Crippen LogP contribution in [0, 0.1) is 10.1 Å². The Kier molecular flexibility index (Phi) is 8.47. The zero-order valence-electron chi connectivity index (χ0n) is 19.7. The molecule has 36 heavy (non-hydrogen) atoms. The number of carbonyl (C=O) groups excluding carboxylic acids is 1. The molecule has 190 valence electrons. The first-order valence-corrected chi connectivity index (χ1v) is 14.0. The molecule has 0 atom stereocenters. The van der Waals surface area contributed by atoms with Gasteiger partial charge in [0.1, 0.15) is 10.8 Å². The first-order valence-electron chi connectivity index (χ1n) is 11.7. The van der Waals surface area contributed by atoms with Gasteiger partial charge in [0.25, 0.3) is 10.0 Å². The minimum absolute atomic E-state index is 0.130. The Morgan fingerprint density at radius 2 is 1.58 bits per heavy atom. The highest BCUT2D eigenvalue weighted by atomic mass is 32.2. The zero-order valence-corrected chi connectivity index (χ0v) is 21.4. The van der Waals surface area contributed by atoms with Crippen LogP contribution in [0.1, 0.15) is 27.2 Å². The molecule has 11 heteroatoms. The standard InChI is InChI=1S/C25H28N4O5S2/c30-25(22-11-5-2-6-12-22)28(29(31)32)20-23-13-14-24(35-23)36(33,34)27-18-16-26(17-19-27)15-7-10-21-8-3-1-4-9-21/h1-6,8-9,11-14H,7,10,15-20H2. The van der Waals surface area contributed by atoms with E-state index in [2.05, 4.69) is 17.0 Å². The lowest BCUT2D eigenvalue weighted by Crippen LogP contribution is -2.48. The number of hydrogen-bond donors (Lipinski definition) is 0. The molecular formula is C25H28N4O5S2. The molecule has 1 amide bonds. The van der Waals surface area contributed by atoms with E-state index in [1.165, 1.54) is 34.1 Å². The van der Waals surface area contributed by atoms with Gasteiger partial charge in [-0.3, -0.25) is 4.79 Å². The summed E-state index contributed by atoms with van der Waals surface area (Å²) in [7, 11) is -3.70. The molecule has 1 saturated heterocycles. The summed E-state index contributed by atoms with van der Waals surface area (Å²) in [5.74, 6) is -0.748.